The Morgan fingerprint density at radius 3 is 2.95 bits per heavy atom. The number of thiazole rings is 1. The topological polar surface area (TPSA) is 79.5 Å². The number of amides is 2. The number of likely N-dealkylation sites (N-methyl/N-ethyl adjacent to an activating group) is 1. The fourth-order valence-corrected chi connectivity index (χ4v) is 3.15. The van der Waals surface area contributed by atoms with Gasteiger partial charge < -0.3 is 15.5 Å². The number of hydrogen-bond donors (Lipinski definition) is 1. The number of carbonyl (C=O) groups is 2. The van der Waals surface area contributed by atoms with Crippen LogP contribution in [-0.4, -0.2) is 59.8 Å². The molecule has 20 heavy (non-hydrogen) atoms. The molecular weight excluding hydrogens is 276 g/mol. The summed E-state index contributed by atoms with van der Waals surface area (Å²) in [4.78, 5) is 32.1. The maximum Gasteiger partial charge on any atom is 0.274 e. The van der Waals surface area contributed by atoms with Gasteiger partial charge in [0.2, 0.25) is 5.91 Å². The molecule has 1 atom stereocenters. The Kier molecular flexibility index (Phi) is 4.72. The molecule has 0 saturated carbocycles. The molecule has 1 saturated heterocycles. The molecule has 2 N–H and O–H groups in total. The van der Waals surface area contributed by atoms with E-state index >= 15 is 0 Å². The lowest BCUT2D eigenvalue weighted by Crippen LogP contribution is -2.45. The van der Waals surface area contributed by atoms with Gasteiger partial charge in [0, 0.05) is 32.4 Å². The van der Waals surface area contributed by atoms with Gasteiger partial charge in [0.1, 0.15) is 11.7 Å². The van der Waals surface area contributed by atoms with Crippen LogP contribution in [-0.2, 0) is 11.2 Å². The molecule has 1 aromatic rings. The Morgan fingerprint density at radius 2 is 2.30 bits per heavy atom. The van der Waals surface area contributed by atoms with Gasteiger partial charge in [-0.15, -0.1) is 11.3 Å². The lowest BCUT2D eigenvalue weighted by atomic mass is 10.2. The Labute approximate surface area is 122 Å². The van der Waals surface area contributed by atoms with Crippen LogP contribution in [0.25, 0.3) is 0 Å². The third kappa shape index (κ3) is 2.99. The minimum Gasteiger partial charge on any atom is -0.347 e. The van der Waals surface area contributed by atoms with Crippen molar-refractivity contribution in [3.05, 3.63) is 16.1 Å². The van der Waals surface area contributed by atoms with Crippen molar-refractivity contribution < 1.29 is 9.59 Å². The summed E-state index contributed by atoms with van der Waals surface area (Å²) < 4.78 is 0. The summed E-state index contributed by atoms with van der Waals surface area (Å²) >= 11 is 1.44. The second-order valence-corrected chi connectivity index (χ2v) is 6.00. The first-order valence-electron chi connectivity index (χ1n) is 6.71. The molecule has 2 heterocycles. The van der Waals surface area contributed by atoms with Crippen molar-refractivity contribution in [3.63, 3.8) is 0 Å². The van der Waals surface area contributed by atoms with Gasteiger partial charge in [-0.25, -0.2) is 4.98 Å². The predicted octanol–water partition coefficient (Wildman–Crippen LogP) is 0.337. The van der Waals surface area contributed by atoms with Crippen LogP contribution in [0, 0.1) is 0 Å². The van der Waals surface area contributed by atoms with Gasteiger partial charge >= 0.3 is 0 Å². The predicted molar refractivity (Wildman–Crippen MR) is 77.6 cm³/mol. The van der Waals surface area contributed by atoms with E-state index in [4.69, 9.17) is 5.73 Å². The Bertz CT molecular complexity index is 500. The van der Waals surface area contributed by atoms with Gasteiger partial charge in [-0.1, -0.05) is 0 Å². The molecule has 0 radical (unpaired) electrons. The summed E-state index contributed by atoms with van der Waals surface area (Å²) in [7, 11) is 3.43. The molecule has 0 bridgehead atoms. The lowest BCUT2D eigenvalue weighted by molar-refractivity contribution is -0.132. The van der Waals surface area contributed by atoms with Gasteiger partial charge in [-0.05, 0) is 19.4 Å². The highest BCUT2D eigenvalue weighted by Crippen LogP contribution is 2.22. The van der Waals surface area contributed by atoms with Crippen LogP contribution < -0.4 is 5.73 Å². The monoisotopic (exact) mass is 296 g/mol. The largest absolute Gasteiger partial charge is 0.347 e. The van der Waals surface area contributed by atoms with Crippen molar-refractivity contribution in [2.45, 2.75) is 25.3 Å². The molecule has 1 aliphatic rings. The van der Waals surface area contributed by atoms with E-state index in [1.54, 1.807) is 24.4 Å². The van der Waals surface area contributed by atoms with Gasteiger partial charge in [-0.2, -0.15) is 0 Å². The summed E-state index contributed by atoms with van der Waals surface area (Å²) in [5, 5.41) is 2.62. The van der Waals surface area contributed by atoms with Crippen molar-refractivity contribution in [2.75, 3.05) is 27.2 Å². The summed E-state index contributed by atoms with van der Waals surface area (Å²) in [6, 6.07) is -0.350. The molecule has 7 heteroatoms. The summed E-state index contributed by atoms with van der Waals surface area (Å²) in [6.07, 6.45) is 2.26. The molecule has 1 unspecified atom stereocenters. The summed E-state index contributed by atoms with van der Waals surface area (Å²) in [5.41, 5.74) is 5.91. The van der Waals surface area contributed by atoms with E-state index in [-0.39, 0.29) is 17.9 Å². The van der Waals surface area contributed by atoms with E-state index in [9.17, 15) is 9.59 Å². The second kappa shape index (κ2) is 6.32. The van der Waals surface area contributed by atoms with E-state index in [0.717, 1.165) is 17.8 Å². The third-order valence-corrected chi connectivity index (χ3v) is 4.28. The quantitative estimate of drug-likeness (QED) is 0.869. The van der Waals surface area contributed by atoms with E-state index in [1.807, 2.05) is 0 Å². The number of hydrogen-bond acceptors (Lipinski definition) is 5. The van der Waals surface area contributed by atoms with Crippen LogP contribution in [0.5, 0.6) is 0 Å². The highest BCUT2D eigenvalue weighted by atomic mass is 32.1. The maximum atomic E-state index is 12.5. The minimum atomic E-state index is -0.350. The van der Waals surface area contributed by atoms with Crippen molar-refractivity contribution in [1.29, 1.82) is 0 Å². The number of carbonyl (C=O) groups excluding carboxylic acids is 2. The number of nitrogens with two attached hydrogens (primary N) is 1. The van der Waals surface area contributed by atoms with Crippen molar-refractivity contribution in [2.24, 2.45) is 5.73 Å². The Morgan fingerprint density at radius 1 is 1.55 bits per heavy atom. The molecule has 1 fully saturated rings. The van der Waals surface area contributed by atoms with Crippen molar-refractivity contribution in [1.82, 2.24) is 14.8 Å². The Hall–Kier alpha value is -1.47. The standard InChI is InChI=1S/C13H20N4O2S/c1-16(2)13(19)10-4-3-7-17(10)12(18)9-8-20-11(15-9)5-6-14/h8,10H,3-7,14H2,1-2H3. The van der Waals surface area contributed by atoms with Crippen LogP contribution in [0.4, 0.5) is 0 Å². The molecule has 110 valence electrons. The second-order valence-electron chi connectivity index (χ2n) is 5.05. The van der Waals surface area contributed by atoms with Crippen LogP contribution in [0.3, 0.4) is 0 Å². The van der Waals surface area contributed by atoms with E-state index in [1.165, 1.54) is 16.2 Å². The minimum absolute atomic E-state index is 0.0201. The van der Waals surface area contributed by atoms with Gasteiger partial charge in [0.25, 0.3) is 5.91 Å². The highest BCUT2D eigenvalue weighted by Gasteiger charge is 2.36. The normalized spacial score (nSPS) is 18.4. The summed E-state index contributed by atoms with van der Waals surface area (Å²) in [6.45, 7) is 1.14. The molecule has 0 aliphatic carbocycles. The average Bonchev–Trinajstić information content (AvgIpc) is 3.06. The van der Waals surface area contributed by atoms with Crippen LogP contribution in [0.15, 0.2) is 5.38 Å². The van der Waals surface area contributed by atoms with E-state index in [0.29, 0.717) is 25.2 Å². The van der Waals surface area contributed by atoms with Gasteiger partial charge in [0.15, 0.2) is 0 Å². The first-order valence-corrected chi connectivity index (χ1v) is 7.59. The molecule has 1 aromatic heterocycles. The zero-order valence-corrected chi connectivity index (χ0v) is 12.7. The van der Waals surface area contributed by atoms with Crippen molar-refractivity contribution in [3.8, 4) is 0 Å². The van der Waals surface area contributed by atoms with Crippen LogP contribution in [0.2, 0.25) is 0 Å². The zero-order chi connectivity index (χ0) is 14.7. The van der Waals surface area contributed by atoms with Gasteiger partial charge in [-0.3, -0.25) is 9.59 Å². The van der Waals surface area contributed by atoms with Crippen LogP contribution in [0.1, 0.15) is 28.3 Å². The van der Waals surface area contributed by atoms with Gasteiger partial charge in [0.05, 0.1) is 5.01 Å². The van der Waals surface area contributed by atoms with Crippen molar-refractivity contribution >= 4 is 23.2 Å². The summed E-state index contributed by atoms with van der Waals surface area (Å²) in [5.74, 6) is -0.171. The van der Waals surface area contributed by atoms with E-state index < -0.39 is 0 Å². The fourth-order valence-electron chi connectivity index (χ4n) is 2.36. The molecular formula is C13H20N4O2S. The molecule has 6 nitrogen and oxygen atoms in total. The molecule has 0 spiro atoms. The first kappa shape index (κ1) is 14.9. The number of likely N-dealkylation sites (tertiary alicyclic amines) is 1. The molecule has 1 aliphatic heterocycles. The average molecular weight is 296 g/mol. The Balaban J connectivity index is 2.12. The highest BCUT2D eigenvalue weighted by molar-refractivity contribution is 7.09. The molecule has 2 rings (SSSR count). The number of nitrogens with zero attached hydrogens (tertiary/aromatic N) is 3. The smallest absolute Gasteiger partial charge is 0.274 e. The third-order valence-electron chi connectivity index (χ3n) is 3.37. The van der Waals surface area contributed by atoms with E-state index in [2.05, 4.69) is 4.98 Å². The van der Waals surface area contributed by atoms with Crippen LogP contribution >= 0.6 is 11.3 Å². The number of aromatic nitrogens is 1. The maximum absolute atomic E-state index is 12.5. The SMILES string of the molecule is CN(C)C(=O)C1CCCN1C(=O)c1csc(CCN)n1. The lowest BCUT2D eigenvalue weighted by Gasteiger charge is -2.25. The zero-order valence-electron chi connectivity index (χ0n) is 11.8. The fraction of sp³-hybridized carbons (Fsp3) is 0.615. The molecule has 2 amide bonds. The molecule has 0 aromatic carbocycles. The first-order chi connectivity index (χ1) is 9.54. The number of rotatable bonds is 4.